The number of benzene rings is 1. The highest BCUT2D eigenvalue weighted by atomic mass is 32.2. The molecule has 0 fully saturated rings. The minimum Gasteiger partial charge on any atom is -0.389 e. The van der Waals surface area contributed by atoms with Gasteiger partial charge in [0.15, 0.2) is 0 Å². The third kappa shape index (κ3) is 4.13. The Bertz CT molecular complexity index is 681. The van der Waals surface area contributed by atoms with E-state index in [1.807, 2.05) is 0 Å². The second-order valence-corrected chi connectivity index (χ2v) is 6.74. The molecule has 0 spiro atoms. The molecule has 1 heterocycles. The highest BCUT2D eigenvalue weighted by molar-refractivity contribution is 7.89. The van der Waals surface area contributed by atoms with Crippen molar-refractivity contribution in [2.75, 3.05) is 0 Å². The zero-order valence-corrected chi connectivity index (χ0v) is 12.8. The molecule has 0 saturated carbocycles. The van der Waals surface area contributed by atoms with Crippen LogP contribution < -0.4 is 4.72 Å². The fourth-order valence-electron chi connectivity index (χ4n) is 2.02. The molecular weight excluding hydrogens is 290 g/mol. The SMILES string of the molecule is CC(Cn1ccnc1)NS(=O)(=O)c1cccc(C(C)O)c1. The van der Waals surface area contributed by atoms with Gasteiger partial charge in [-0.05, 0) is 31.5 Å². The molecule has 2 N–H and O–H groups in total. The average Bonchev–Trinajstić information content (AvgIpc) is 2.91. The third-order valence-corrected chi connectivity index (χ3v) is 4.64. The van der Waals surface area contributed by atoms with Crippen molar-refractivity contribution in [3.05, 3.63) is 48.5 Å². The molecule has 2 unspecified atom stereocenters. The van der Waals surface area contributed by atoms with E-state index >= 15 is 0 Å². The van der Waals surface area contributed by atoms with Gasteiger partial charge in [-0.2, -0.15) is 0 Å². The number of hydrogen-bond acceptors (Lipinski definition) is 4. The molecule has 2 aromatic rings. The van der Waals surface area contributed by atoms with Gasteiger partial charge in [0.05, 0.1) is 17.3 Å². The van der Waals surface area contributed by atoms with Gasteiger partial charge in [0.25, 0.3) is 0 Å². The monoisotopic (exact) mass is 309 g/mol. The molecular formula is C14H19N3O3S. The summed E-state index contributed by atoms with van der Waals surface area (Å²) in [5.41, 5.74) is 0.570. The van der Waals surface area contributed by atoms with Crippen LogP contribution in [0.5, 0.6) is 0 Å². The molecule has 2 atom stereocenters. The summed E-state index contributed by atoms with van der Waals surface area (Å²) >= 11 is 0. The van der Waals surface area contributed by atoms with Crippen LogP contribution in [0.3, 0.4) is 0 Å². The summed E-state index contributed by atoms with van der Waals surface area (Å²) in [6.45, 7) is 3.88. The lowest BCUT2D eigenvalue weighted by atomic mass is 10.1. The predicted octanol–water partition coefficient (Wildman–Crippen LogP) is 1.30. The molecule has 0 aliphatic rings. The van der Waals surface area contributed by atoms with Crippen molar-refractivity contribution >= 4 is 10.0 Å². The Hall–Kier alpha value is -1.70. The summed E-state index contributed by atoms with van der Waals surface area (Å²) in [7, 11) is -3.61. The van der Waals surface area contributed by atoms with Crippen LogP contribution in [-0.2, 0) is 16.6 Å². The van der Waals surface area contributed by atoms with Crippen molar-refractivity contribution in [2.24, 2.45) is 0 Å². The molecule has 0 radical (unpaired) electrons. The summed E-state index contributed by atoms with van der Waals surface area (Å²) < 4.78 is 29.1. The number of nitrogens with one attached hydrogen (secondary N) is 1. The second-order valence-electron chi connectivity index (χ2n) is 5.03. The van der Waals surface area contributed by atoms with Gasteiger partial charge in [-0.1, -0.05) is 12.1 Å². The highest BCUT2D eigenvalue weighted by Gasteiger charge is 2.18. The van der Waals surface area contributed by atoms with E-state index in [0.29, 0.717) is 12.1 Å². The van der Waals surface area contributed by atoms with E-state index in [2.05, 4.69) is 9.71 Å². The second kappa shape index (κ2) is 6.38. The van der Waals surface area contributed by atoms with Crippen LogP contribution >= 0.6 is 0 Å². The molecule has 2 rings (SSSR count). The Morgan fingerprint density at radius 3 is 2.76 bits per heavy atom. The number of hydrogen-bond donors (Lipinski definition) is 2. The summed E-state index contributed by atoms with van der Waals surface area (Å²) in [4.78, 5) is 4.07. The van der Waals surface area contributed by atoms with Gasteiger partial charge < -0.3 is 9.67 Å². The van der Waals surface area contributed by atoms with Gasteiger partial charge in [0, 0.05) is 25.0 Å². The van der Waals surface area contributed by atoms with E-state index in [1.165, 1.54) is 12.1 Å². The Kier molecular flexibility index (Phi) is 4.76. The van der Waals surface area contributed by atoms with E-state index in [-0.39, 0.29) is 10.9 Å². The first-order chi connectivity index (χ1) is 9.88. The van der Waals surface area contributed by atoms with Gasteiger partial charge in [-0.25, -0.2) is 18.1 Å². The smallest absolute Gasteiger partial charge is 0.240 e. The topological polar surface area (TPSA) is 84.2 Å². The molecule has 0 bridgehead atoms. The zero-order valence-electron chi connectivity index (χ0n) is 12.0. The Morgan fingerprint density at radius 1 is 1.38 bits per heavy atom. The van der Waals surface area contributed by atoms with Crippen LogP contribution in [0.15, 0.2) is 47.9 Å². The van der Waals surface area contributed by atoms with E-state index < -0.39 is 16.1 Å². The summed E-state index contributed by atoms with van der Waals surface area (Å²) in [6.07, 6.45) is 4.36. The van der Waals surface area contributed by atoms with Gasteiger partial charge in [-0.3, -0.25) is 0 Å². The number of nitrogens with zero attached hydrogens (tertiary/aromatic N) is 2. The lowest BCUT2D eigenvalue weighted by molar-refractivity contribution is 0.199. The third-order valence-electron chi connectivity index (χ3n) is 3.05. The summed E-state index contributed by atoms with van der Waals surface area (Å²) in [5, 5.41) is 9.54. The molecule has 0 aliphatic heterocycles. The standard InChI is InChI=1S/C14H19N3O3S/c1-11(9-17-7-6-15-10-17)16-21(19,20)14-5-3-4-13(8-14)12(2)18/h3-8,10-12,16,18H,9H2,1-2H3. The van der Waals surface area contributed by atoms with Crippen LogP contribution in [0.25, 0.3) is 0 Å². The first kappa shape index (κ1) is 15.7. The minimum atomic E-state index is -3.61. The molecule has 114 valence electrons. The molecule has 7 heteroatoms. The number of sulfonamides is 1. The van der Waals surface area contributed by atoms with E-state index in [4.69, 9.17) is 0 Å². The lowest BCUT2D eigenvalue weighted by Gasteiger charge is -2.15. The first-order valence-corrected chi connectivity index (χ1v) is 8.13. The maximum atomic E-state index is 12.3. The fraction of sp³-hybridized carbons (Fsp3) is 0.357. The maximum Gasteiger partial charge on any atom is 0.240 e. The van der Waals surface area contributed by atoms with Crippen LogP contribution in [0.1, 0.15) is 25.5 Å². The van der Waals surface area contributed by atoms with Crippen LogP contribution in [0.2, 0.25) is 0 Å². The van der Waals surface area contributed by atoms with Crippen LogP contribution in [0.4, 0.5) is 0 Å². The number of rotatable bonds is 6. The van der Waals surface area contributed by atoms with Crippen molar-refractivity contribution in [3.8, 4) is 0 Å². The maximum absolute atomic E-state index is 12.3. The largest absolute Gasteiger partial charge is 0.389 e. The van der Waals surface area contributed by atoms with E-state index in [0.717, 1.165) is 0 Å². The zero-order chi connectivity index (χ0) is 15.5. The quantitative estimate of drug-likeness (QED) is 0.842. The number of aliphatic hydroxyl groups excluding tert-OH is 1. The summed E-state index contributed by atoms with van der Waals surface area (Å²) in [6, 6.07) is 6.03. The van der Waals surface area contributed by atoms with E-state index in [9.17, 15) is 13.5 Å². The van der Waals surface area contributed by atoms with Gasteiger partial charge in [0.1, 0.15) is 0 Å². The lowest BCUT2D eigenvalue weighted by Crippen LogP contribution is -2.35. The number of imidazole rings is 1. The van der Waals surface area contributed by atoms with Gasteiger partial charge >= 0.3 is 0 Å². The van der Waals surface area contributed by atoms with Crippen molar-refractivity contribution < 1.29 is 13.5 Å². The van der Waals surface area contributed by atoms with E-state index in [1.54, 1.807) is 49.3 Å². The van der Waals surface area contributed by atoms with Crippen molar-refractivity contribution in [3.63, 3.8) is 0 Å². The van der Waals surface area contributed by atoms with Crippen molar-refractivity contribution in [2.45, 2.75) is 37.4 Å². The van der Waals surface area contributed by atoms with Crippen molar-refractivity contribution in [1.29, 1.82) is 0 Å². The summed E-state index contributed by atoms with van der Waals surface area (Å²) in [5.74, 6) is 0. The molecule has 0 saturated heterocycles. The molecule has 6 nitrogen and oxygen atoms in total. The first-order valence-electron chi connectivity index (χ1n) is 6.64. The number of aromatic nitrogens is 2. The normalized spacial score (nSPS) is 14.8. The Labute approximate surface area is 124 Å². The van der Waals surface area contributed by atoms with Crippen molar-refractivity contribution in [1.82, 2.24) is 14.3 Å². The van der Waals surface area contributed by atoms with Crippen LogP contribution in [-0.4, -0.2) is 29.1 Å². The molecule has 0 aliphatic carbocycles. The predicted molar refractivity (Wildman–Crippen MR) is 79.1 cm³/mol. The fourth-order valence-corrected chi connectivity index (χ4v) is 3.31. The average molecular weight is 309 g/mol. The number of aliphatic hydroxyl groups is 1. The molecule has 21 heavy (non-hydrogen) atoms. The molecule has 0 amide bonds. The Balaban J connectivity index is 2.12. The molecule has 1 aromatic heterocycles. The van der Waals surface area contributed by atoms with Gasteiger partial charge in [-0.15, -0.1) is 0 Å². The molecule has 1 aromatic carbocycles. The van der Waals surface area contributed by atoms with Crippen LogP contribution in [0, 0.1) is 0 Å². The minimum absolute atomic E-state index is 0.151. The van der Waals surface area contributed by atoms with Gasteiger partial charge in [0.2, 0.25) is 10.0 Å². The Morgan fingerprint density at radius 2 is 2.14 bits per heavy atom. The highest BCUT2D eigenvalue weighted by Crippen LogP contribution is 2.17.